The summed E-state index contributed by atoms with van der Waals surface area (Å²) in [5.41, 5.74) is 3.69. The number of nitrogens with one attached hydrogen (secondary N) is 1. The van der Waals surface area contributed by atoms with Gasteiger partial charge in [-0.25, -0.2) is 13.6 Å². The summed E-state index contributed by atoms with van der Waals surface area (Å²) in [4.78, 5) is 26.6. The van der Waals surface area contributed by atoms with Crippen LogP contribution in [-0.2, 0) is 24.3 Å². The molecule has 8 heteroatoms. The Bertz CT molecular complexity index is 1390. The second-order valence-electron chi connectivity index (χ2n) is 9.07. The van der Waals surface area contributed by atoms with E-state index in [1.54, 1.807) is 43.5 Å². The molecule has 1 unspecified atom stereocenters. The largest absolute Gasteiger partial charge is 0.497 e. The van der Waals surface area contributed by atoms with Crippen LogP contribution in [0, 0.1) is 11.6 Å². The van der Waals surface area contributed by atoms with Gasteiger partial charge in [-0.15, -0.1) is 0 Å². The molecule has 0 heterocycles. The average Bonchev–Trinajstić information content (AvgIpc) is 2.94. The number of halogens is 2. The van der Waals surface area contributed by atoms with Crippen LogP contribution in [0.25, 0.3) is 0 Å². The molecule has 0 fully saturated rings. The molecule has 0 aliphatic rings. The van der Waals surface area contributed by atoms with Gasteiger partial charge >= 0.3 is 5.97 Å². The predicted molar refractivity (Wildman–Crippen MR) is 145 cm³/mol. The Morgan fingerprint density at radius 1 is 0.769 bits per heavy atom. The SMILES string of the molecule is COc1ccc(CN(Cc2ccc(C(=O)NC(Cc3ccc(F)cc3)C(=O)O)cc2)c2ccc(F)cc2)cc1. The van der Waals surface area contributed by atoms with E-state index in [-0.39, 0.29) is 12.2 Å². The first kappa shape index (κ1) is 27.3. The minimum Gasteiger partial charge on any atom is -0.497 e. The molecule has 4 aromatic rings. The third kappa shape index (κ3) is 7.64. The van der Waals surface area contributed by atoms with Crippen molar-refractivity contribution in [2.24, 2.45) is 0 Å². The van der Waals surface area contributed by atoms with E-state index in [4.69, 9.17) is 4.74 Å². The number of carboxylic acid groups (broad SMARTS) is 1. The van der Waals surface area contributed by atoms with E-state index in [0.29, 0.717) is 24.2 Å². The first-order chi connectivity index (χ1) is 18.8. The number of rotatable bonds is 11. The molecule has 0 saturated carbocycles. The Morgan fingerprint density at radius 3 is 1.77 bits per heavy atom. The van der Waals surface area contributed by atoms with Crippen LogP contribution < -0.4 is 15.0 Å². The van der Waals surface area contributed by atoms with Gasteiger partial charge in [-0.2, -0.15) is 0 Å². The molecule has 0 aliphatic carbocycles. The summed E-state index contributed by atoms with van der Waals surface area (Å²) in [5, 5.41) is 12.1. The Kier molecular flexibility index (Phi) is 8.89. The number of methoxy groups -OCH3 is 1. The van der Waals surface area contributed by atoms with Crippen molar-refractivity contribution >= 4 is 17.6 Å². The Balaban J connectivity index is 1.46. The van der Waals surface area contributed by atoms with E-state index in [0.717, 1.165) is 22.6 Å². The summed E-state index contributed by atoms with van der Waals surface area (Å²) in [5.74, 6) is -1.69. The number of anilines is 1. The van der Waals surface area contributed by atoms with Crippen molar-refractivity contribution in [2.75, 3.05) is 12.0 Å². The van der Waals surface area contributed by atoms with Gasteiger partial charge in [-0.3, -0.25) is 4.79 Å². The Labute approximate surface area is 225 Å². The van der Waals surface area contributed by atoms with Gasteiger partial charge in [0.05, 0.1) is 7.11 Å². The van der Waals surface area contributed by atoms with Gasteiger partial charge in [0.15, 0.2) is 0 Å². The van der Waals surface area contributed by atoms with E-state index in [2.05, 4.69) is 10.2 Å². The molecule has 4 rings (SSSR count). The van der Waals surface area contributed by atoms with E-state index >= 15 is 0 Å². The lowest BCUT2D eigenvalue weighted by Crippen LogP contribution is -2.42. The highest BCUT2D eigenvalue weighted by molar-refractivity contribution is 5.96. The van der Waals surface area contributed by atoms with Crippen molar-refractivity contribution in [3.8, 4) is 5.75 Å². The number of carbonyl (C=O) groups is 2. The number of aliphatic carboxylic acids is 1. The normalized spacial score (nSPS) is 11.5. The van der Waals surface area contributed by atoms with Crippen molar-refractivity contribution in [2.45, 2.75) is 25.6 Å². The van der Waals surface area contributed by atoms with Crippen molar-refractivity contribution in [1.82, 2.24) is 5.32 Å². The van der Waals surface area contributed by atoms with Crippen LogP contribution in [0.1, 0.15) is 27.0 Å². The third-order valence-corrected chi connectivity index (χ3v) is 6.27. The maximum absolute atomic E-state index is 13.6. The van der Waals surface area contributed by atoms with Crippen molar-refractivity contribution in [3.05, 3.63) is 131 Å². The predicted octanol–water partition coefficient (Wildman–Crippen LogP) is 5.61. The summed E-state index contributed by atoms with van der Waals surface area (Å²) >= 11 is 0. The maximum Gasteiger partial charge on any atom is 0.326 e. The molecule has 2 N–H and O–H groups in total. The molecule has 4 aromatic carbocycles. The van der Waals surface area contributed by atoms with E-state index in [9.17, 15) is 23.5 Å². The van der Waals surface area contributed by atoms with Crippen LogP contribution in [-0.4, -0.2) is 30.1 Å². The van der Waals surface area contributed by atoms with Gasteiger partial charge in [0.1, 0.15) is 23.4 Å². The summed E-state index contributed by atoms with van der Waals surface area (Å²) in [7, 11) is 1.61. The Morgan fingerprint density at radius 2 is 1.26 bits per heavy atom. The maximum atomic E-state index is 13.6. The lowest BCUT2D eigenvalue weighted by atomic mass is 10.0. The first-order valence-corrected chi connectivity index (χ1v) is 12.3. The van der Waals surface area contributed by atoms with Gasteiger partial charge in [-0.1, -0.05) is 36.4 Å². The molecule has 0 bridgehead atoms. The van der Waals surface area contributed by atoms with Gasteiger partial charge in [0, 0.05) is 30.8 Å². The number of carbonyl (C=O) groups excluding carboxylic acids is 1. The highest BCUT2D eigenvalue weighted by atomic mass is 19.1. The van der Waals surface area contributed by atoms with E-state index in [1.807, 2.05) is 24.3 Å². The molecule has 0 saturated heterocycles. The summed E-state index contributed by atoms with van der Waals surface area (Å²) in [6.45, 7) is 1.05. The van der Waals surface area contributed by atoms with E-state index < -0.39 is 23.7 Å². The van der Waals surface area contributed by atoms with Gasteiger partial charge < -0.3 is 20.1 Å². The van der Waals surface area contributed by atoms with E-state index in [1.165, 1.54) is 36.4 Å². The fourth-order valence-electron chi connectivity index (χ4n) is 4.12. The zero-order valence-electron chi connectivity index (χ0n) is 21.3. The second-order valence-corrected chi connectivity index (χ2v) is 9.07. The standard InChI is InChI=1S/C31H28F2N2O4/c1-39-28-16-6-23(7-17-28)20-35(27-14-12-26(33)13-15-27)19-22-2-8-24(9-3-22)30(36)34-29(31(37)38)18-21-4-10-25(32)11-5-21/h2-17,29H,18-20H2,1H3,(H,34,36)(H,37,38). The zero-order valence-corrected chi connectivity index (χ0v) is 21.3. The molecule has 1 atom stereocenters. The lowest BCUT2D eigenvalue weighted by Gasteiger charge is -2.25. The molecule has 6 nitrogen and oxygen atoms in total. The number of ether oxygens (including phenoxy) is 1. The quantitative estimate of drug-likeness (QED) is 0.264. The monoisotopic (exact) mass is 530 g/mol. The van der Waals surface area contributed by atoms with Crippen molar-refractivity contribution < 1.29 is 28.2 Å². The number of amides is 1. The molecular formula is C31H28F2N2O4. The average molecular weight is 531 g/mol. The second kappa shape index (κ2) is 12.7. The topological polar surface area (TPSA) is 78.9 Å². The number of benzene rings is 4. The van der Waals surface area contributed by atoms with Crippen LogP contribution in [0.4, 0.5) is 14.5 Å². The zero-order chi connectivity index (χ0) is 27.8. The minimum absolute atomic E-state index is 0.0252. The molecule has 39 heavy (non-hydrogen) atoms. The van der Waals surface area contributed by atoms with Gasteiger partial charge in [-0.05, 0) is 77.4 Å². The molecular weight excluding hydrogens is 502 g/mol. The number of hydrogen-bond acceptors (Lipinski definition) is 4. The van der Waals surface area contributed by atoms with Crippen molar-refractivity contribution in [3.63, 3.8) is 0 Å². The molecule has 200 valence electrons. The summed E-state index contributed by atoms with van der Waals surface area (Å²) < 4.78 is 32.0. The highest BCUT2D eigenvalue weighted by Gasteiger charge is 2.21. The minimum atomic E-state index is -1.18. The summed E-state index contributed by atoms with van der Waals surface area (Å²) in [6, 6.07) is 25.1. The molecule has 0 aliphatic heterocycles. The van der Waals surface area contributed by atoms with Gasteiger partial charge in [0.2, 0.25) is 0 Å². The molecule has 0 aromatic heterocycles. The van der Waals surface area contributed by atoms with Crippen LogP contribution in [0.2, 0.25) is 0 Å². The first-order valence-electron chi connectivity index (χ1n) is 12.3. The number of nitrogens with zero attached hydrogens (tertiary/aromatic N) is 1. The van der Waals surface area contributed by atoms with Crippen LogP contribution >= 0.6 is 0 Å². The van der Waals surface area contributed by atoms with Gasteiger partial charge in [0.25, 0.3) is 5.91 Å². The van der Waals surface area contributed by atoms with Crippen LogP contribution in [0.3, 0.4) is 0 Å². The third-order valence-electron chi connectivity index (χ3n) is 6.27. The molecule has 1 amide bonds. The highest BCUT2D eigenvalue weighted by Crippen LogP contribution is 2.22. The fourth-order valence-corrected chi connectivity index (χ4v) is 4.12. The van der Waals surface area contributed by atoms with Crippen LogP contribution in [0.15, 0.2) is 97.1 Å². The smallest absolute Gasteiger partial charge is 0.326 e. The van der Waals surface area contributed by atoms with Crippen molar-refractivity contribution in [1.29, 1.82) is 0 Å². The summed E-state index contributed by atoms with van der Waals surface area (Å²) in [6.07, 6.45) is 0.0252. The number of carboxylic acids is 1. The molecule has 0 spiro atoms. The Hall–Kier alpha value is -4.72. The lowest BCUT2D eigenvalue weighted by molar-refractivity contribution is -0.139. The fraction of sp³-hybridized carbons (Fsp3) is 0.161. The van der Waals surface area contributed by atoms with Crippen LogP contribution in [0.5, 0.6) is 5.75 Å². The molecule has 0 radical (unpaired) electrons. The number of hydrogen-bond donors (Lipinski definition) is 2.